The quantitative estimate of drug-likeness (QED) is 0.927. The fraction of sp³-hybridized carbons (Fsp3) is 0.429. The van der Waals surface area contributed by atoms with Crippen LogP contribution in [0.3, 0.4) is 0 Å². The summed E-state index contributed by atoms with van der Waals surface area (Å²) >= 11 is 3.44. The van der Waals surface area contributed by atoms with E-state index in [0.717, 1.165) is 22.0 Å². The SMILES string of the molecule is Cc1cc(Br)ccc1-c1noc([C@H](N)CC(C)C)n1. The van der Waals surface area contributed by atoms with Gasteiger partial charge in [0, 0.05) is 10.0 Å². The van der Waals surface area contributed by atoms with Crippen LogP contribution >= 0.6 is 15.9 Å². The topological polar surface area (TPSA) is 64.9 Å². The normalized spacial score (nSPS) is 12.9. The third-order valence-electron chi connectivity index (χ3n) is 2.91. The van der Waals surface area contributed by atoms with Crippen LogP contribution in [-0.2, 0) is 0 Å². The largest absolute Gasteiger partial charge is 0.337 e. The van der Waals surface area contributed by atoms with Gasteiger partial charge in [-0.05, 0) is 43.0 Å². The molecule has 1 aromatic carbocycles. The fourth-order valence-corrected chi connectivity index (χ4v) is 2.46. The van der Waals surface area contributed by atoms with Crippen molar-refractivity contribution in [1.29, 1.82) is 0 Å². The van der Waals surface area contributed by atoms with Gasteiger partial charge in [0.05, 0.1) is 6.04 Å². The molecule has 2 N–H and O–H groups in total. The number of nitrogens with two attached hydrogens (primary N) is 1. The van der Waals surface area contributed by atoms with Crippen molar-refractivity contribution >= 4 is 15.9 Å². The lowest BCUT2D eigenvalue weighted by Crippen LogP contribution is -2.13. The molecule has 4 nitrogen and oxygen atoms in total. The molecule has 1 aromatic heterocycles. The van der Waals surface area contributed by atoms with Gasteiger partial charge in [-0.1, -0.05) is 34.9 Å². The van der Waals surface area contributed by atoms with Gasteiger partial charge < -0.3 is 10.3 Å². The highest BCUT2D eigenvalue weighted by atomic mass is 79.9. The summed E-state index contributed by atoms with van der Waals surface area (Å²) in [6.07, 6.45) is 0.834. The predicted molar refractivity (Wildman–Crippen MR) is 78.6 cm³/mol. The highest BCUT2D eigenvalue weighted by Crippen LogP contribution is 2.25. The number of hydrogen-bond acceptors (Lipinski definition) is 4. The zero-order valence-electron chi connectivity index (χ0n) is 11.4. The van der Waals surface area contributed by atoms with Crippen molar-refractivity contribution in [3.8, 4) is 11.4 Å². The summed E-state index contributed by atoms with van der Waals surface area (Å²) in [5.74, 6) is 1.60. The third-order valence-corrected chi connectivity index (χ3v) is 3.41. The lowest BCUT2D eigenvalue weighted by atomic mass is 10.0. The van der Waals surface area contributed by atoms with E-state index in [1.54, 1.807) is 0 Å². The fourth-order valence-electron chi connectivity index (χ4n) is 1.98. The molecule has 102 valence electrons. The van der Waals surface area contributed by atoms with Crippen LogP contribution in [0.1, 0.15) is 37.8 Å². The third kappa shape index (κ3) is 3.42. The first kappa shape index (κ1) is 14.2. The number of aryl methyl sites for hydroxylation is 1. The first-order valence-electron chi connectivity index (χ1n) is 6.33. The van der Waals surface area contributed by atoms with Gasteiger partial charge in [0.15, 0.2) is 0 Å². The van der Waals surface area contributed by atoms with Gasteiger partial charge in [-0.2, -0.15) is 4.98 Å². The summed E-state index contributed by atoms with van der Waals surface area (Å²) < 4.78 is 6.31. The van der Waals surface area contributed by atoms with E-state index in [1.807, 2.05) is 25.1 Å². The molecule has 0 amide bonds. The Kier molecular flexibility index (Phi) is 4.37. The van der Waals surface area contributed by atoms with E-state index in [9.17, 15) is 0 Å². The highest BCUT2D eigenvalue weighted by molar-refractivity contribution is 9.10. The first-order valence-corrected chi connectivity index (χ1v) is 7.12. The molecule has 0 spiro atoms. The maximum Gasteiger partial charge on any atom is 0.243 e. The van der Waals surface area contributed by atoms with Crippen LogP contribution in [0, 0.1) is 12.8 Å². The van der Waals surface area contributed by atoms with Crippen molar-refractivity contribution in [3.63, 3.8) is 0 Å². The van der Waals surface area contributed by atoms with E-state index in [1.165, 1.54) is 0 Å². The van der Waals surface area contributed by atoms with Crippen LogP contribution in [0.4, 0.5) is 0 Å². The van der Waals surface area contributed by atoms with Gasteiger partial charge >= 0.3 is 0 Å². The van der Waals surface area contributed by atoms with Crippen LogP contribution in [0.5, 0.6) is 0 Å². The van der Waals surface area contributed by atoms with Crippen LogP contribution in [0.25, 0.3) is 11.4 Å². The van der Waals surface area contributed by atoms with E-state index in [4.69, 9.17) is 10.3 Å². The van der Waals surface area contributed by atoms with Gasteiger partial charge in [-0.3, -0.25) is 0 Å². The zero-order chi connectivity index (χ0) is 14.0. The smallest absolute Gasteiger partial charge is 0.243 e. The average molecular weight is 324 g/mol. The van der Waals surface area contributed by atoms with E-state index in [0.29, 0.717) is 17.6 Å². The molecular formula is C14H18BrN3O. The Morgan fingerprint density at radius 3 is 2.74 bits per heavy atom. The van der Waals surface area contributed by atoms with E-state index in [-0.39, 0.29) is 6.04 Å². The summed E-state index contributed by atoms with van der Waals surface area (Å²) in [4.78, 5) is 4.41. The molecule has 0 unspecified atom stereocenters. The second-order valence-electron chi connectivity index (χ2n) is 5.15. The molecular weight excluding hydrogens is 306 g/mol. The molecule has 0 fully saturated rings. The Hall–Kier alpha value is -1.20. The monoisotopic (exact) mass is 323 g/mol. The Morgan fingerprint density at radius 1 is 1.37 bits per heavy atom. The van der Waals surface area contributed by atoms with Crippen molar-refractivity contribution in [2.24, 2.45) is 11.7 Å². The van der Waals surface area contributed by atoms with E-state index < -0.39 is 0 Å². The Morgan fingerprint density at radius 2 is 2.11 bits per heavy atom. The molecule has 0 aliphatic rings. The Bertz CT molecular complexity index is 566. The standard InChI is InChI=1S/C14H18BrN3O/c1-8(2)6-12(16)14-17-13(18-19-14)11-5-4-10(15)7-9(11)3/h4-5,7-8,12H,6,16H2,1-3H3/t12-/m1/s1. The first-order chi connectivity index (χ1) is 8.97. The number of halogens is 1. The van der Waals surface area contributed by atoms with E-state index in [2.05, 4.69) is 39.9 Å². The molecule has 0 saturated heterocycles. The van der Waals surface area contributed by atoms with E-state index >= 15 is 0 Å². The molecule has 1 atom stereocenters. The Balaban J connectivity index is 2.25. The van der Waals surface area contributed by atoms with Crippen LogP contribution < -0.4 is 5.73 Å². The lowest BCUT2D eigenvalue weighted by molar-refractivity contribution is 0.335. The lowest BCUT2D eigenvalue weighted by Gasteiger charge is -2.08. The maximum absolute atomic E-state index is 6.05. The van der Waals surface area contributed by atoms with Crippen LogP contribution in [0.2, 0.25) is 0 Å². The van der Waals surface area contributed by atoms with Crippen molar-refractivity contribution in [2.75, 3.05) is 0 Å². The van der Waals surface area contributed by atoms with Crippen LogP contribution in [0.15, 0.2) is 27.2 Å². The van der Waals surface area contributed by atoms with Gasteiger partial charge in [0.2, 0.25) is 11.7 Å². The molecule has 5 heteroatoms. The van der Waals surface area contributed by atoms with Crippen molar-refractivity contribution in [2.45, 2.75) is 33.2 Å². The summed E-state index contributed by atoms with van der Waals surface area (Å²) in [5, 5.41) is 4.02. The average Bonchev–Trinajstić information content (AvgIpc) is 2.77. The van der Waals surface area contributed by atoms with Crippen molar-refractivity contribution in [3.05, 3.63) is 34.1 Å². The Labute approximate surface area is 121 Å². The molecule has 0 bridgehead atoms. The predicted octanol–water partition coefficient (Wildman–Crippen LogP) is 3.85. The summed E-state index contributed by atoms with van der Waals surface area (Å²) in [5.41, 5.74) is 8.11. The number of benzene rings is 1. The van der Waals surface area contributed by atoms with Gasteiger partial charge in [-0.15, -0.1) is 0 Å². The zero-order valence-corrected chi connectivity index (χ0v) is 12.9. The summed E-state index contributed by atoms with van der Waals surface area (Å²) in [6.45, 7) is 6.26. The molecule has 0 aliphatic heterocycles. The van der Waals surface area contributed by atoms with Crippen molar-refractivity contribution in [1.82, 2.24) is 10.1 Å². The molecule has 2 rings (SSSR count). The molecule has 0 saturated carbocycles. The molecule has 2 aromatic rings. The number of nitrogens with zero attached hydrogens (tertiary/aromatic N) is 2. The summed E-state index contributed by atoms with van der Waals surface area (Å²) in [7, 11) is 0. The minimum atomic E-state index is -0.197. The maximum atomic E-state index is 6.05. The van der Waals surface area contributed by atoms with Gasteiger partial charge in [-0.25, -0.2) is 0 Å². The number of hydrogen-bond donors (Lipinski definition) is 1. The molecule has 0 radical (unpaired) electrons. The minimum Gasteiger partial charge on any atom is -0.337 e. The summed E-state index contributed by atoms with van der Waals surface area (Å²) in [6, 6.07) is 5.77. The molecule has 19 heavy (non-hydrogen) atoms. The second kappa shape index (κ2) is 5.84. The molecule has 1 heterocycles. The van der Waals surface area contributed by atoms with Crippen LogP contribution in [-0.4, -0.2) is 10.1 Å². The van der Waals surface area contributed by atoms with Gasteiger partial charge in [0.25, 0.3) is 0 Å². The number of aromatic nitrogens is 2. The van der Waals surface area contributed by atoms with Crippen molar-refractivity contribution < 1.29 is 4.52 Å². The molecule has 0 aliphatic carbocycles. The highest BCUT2D eigenvalue weighted by Gasteiger charge is 2.17. The second-order valence-corrected chi connectivity index (χ2v) is 6.07. The number of rotatable bonds is 4. The minimum absolute atomic E-state index is 0.197. The van der Waals surface area contributed by atoms with Gasteiger partial charge in [0.1, 0.15) is 0 Å².